The molecule has 2 rings (SSSR count). The summed E-state index contributed by atoms with van der Waals surface area (Å²) in [7, 11) is 0. The maximum absolute atomic E-state index is 13.3. The van der Waals surface area contributed by atoms with E-state index >= 15 is 0 Å². The molecule has 0 saturated carbocycles. The van der Waals surface area contributed by atoms with Gasteiger partial charge in [0.25, 0.3) is 0 Å². The molecule has 1 aromatic carbocycles. The number of likely N-dealkylation sites (tertiary alicyclic amines) is 1. The van der Waals surface area contributed by atoms with Crippen LogP contribution in [0.2, 0.25) is 0 Å². The molecule has 0 aromatic heterocycles. The summed E-state index contributed by atoms with van der Waals surface area (Å²) in [5, 5.41) is 12.0. The summed E-state index contributed by atoms with van der Waals surface area (Å²) in [6, 6.07) is 3.72. The molecule has 0 spiro atoms. The molecule has 1 fully saturated rings. The van der Waals surface area contributed by atoms with Crippen molar-refractivity contribution in [3.05, 3.63) is 29.6 Å². The van der Waals surface area contributed by atoms with E-state index in [2.05, 4.69) is 5.32 Å². The van der Waals surface area contributed by atoms with Crippen molar-refractivity contribution in [1.29, 1.82) is 0 Å². The highest BCUT2D eigenvalue weighted by atomic mass is 19.1. The Morgan fingerprint density at radius 2 is 2.14 bits per heavy atom. The first-order chi connectivity index (χ1) is 9.89. The molecule has 1 atom stereocenters. The Balaban J connectivity index is 2.21. The van der Waals surface area contributed by atoms with Crippen molar-refractivity contribution in [1.82, 2.24) is 4.90 Å². The minimum atomic E-state index is -1.16. The Morgan fingerprint density at radius 3 is 2.71 bits per heavy atom. The van der Waals surface area contributed by atoms with Crippen LogP contribution in [0.15, 0.2) is 18.2 Å². The molecule has 0 aliphatic carbocycles. The number of aryl methyl sites for hydroxylation is 1. The summed E-state index contributed by atoms with van der Waals surface area (Å²) in [5.74, 6) is -1.43. The molecule has 114 valence electrons. The minimum Gasteiger partial charge on any atom is -0.479 e. The predicted molar refractivity (Wildman–Crippen MR) is 76.8 cm³/mol. The zero-order chi connectivity index (χ0) is 15.6. The van der Waals surface area contributed by atoms with E-state index in [-0.39, 0.29) is 0 Å². The van der Waals surface area contributed by atoms with Crippen LogP contribution in [-0.2, 0) is 4.79 Å². The number of benzene rings is 1. The Morgan fingerprint density at radius 1 is 1.43 bits per heavy atom. The second-order valence-electron chi connectivity index (χ2n) is 5.39. The lowest BCUT2D eigenvalue weighted by atomic mass is 9.93. The van der Waals surface area contributed by atoms with Crippen LogP contribution >= 0.6 is 0 Å². The van der Waals surface area contributed by atoms with Crippen molar-refractivity contribution in [2.24, 2.45) is 0 Å². The average molecular weight is 294 g/mol. The van der Waals surface area contributed by atoms with Crippen molar-refractivity contribution in [3.63, 3.8) is 0 Å². The summed E-state index contributed by atoms with van der Waals surface area (Å²) in [4.78, 5) is 25.2. The number of nitrogens with one attached hydrogen (secondary N) is 1. The molecule has 5 nitrogen and oxygen atoms in total. The monoisotopic (exact) mass is 294 g/mol. The number of anilines is 1. The third-order valence-electron chi connectivity index (χ3n) is 4.01. The van der Waals surface area contributed by atoms with E-state index in [9.17, 15) is 19.1 Å². The molecular formula is C15H19FN2O3. The maximum Gasteiger partial charge on any atom is 0.329 e. The first-order valence-corrected chi connectivity index (χ1v) is 6.98. The molecule has 1 aliphatic rings. The fraction of sp³-hybridized carbons (Fsp3) is 0.467. The van der Waals surface area contributed by atoms with Crippen LogP contribution in [0.1, 0.15) is 31.7 Å². The minimum absolute atomic E-state index is 0.333. The van der Waals surface area contributed by atoms with Crippen LogP contribution in [0.4, 0.5) is 14.9 Å². The molecule has 2 N–H and O–H groups in total. The number of nitrogens with zero attached hydrogens (tertiary/aromatic N) is 1. The van der Waals surface area contributed by atoms with E-state index in [4.69, 9.17) is 0 Å². The largest absolute Gasteiger partial charge is 0.479 e. The van der Waals surface area contributed by atoms with Crippen LogP contribution in [0.3, 0.4) is 0 Å². The van der Waals surface area contributed by atoms with E-state index in [1.54, 1.807) is 19.9 Å². The second kappa shape index (κ2) is 5.71. The van der Waals surface area contributed by atoms with Crippen molar-refractivity contribution >= 4 is 17.7 Å². The molecule has 1 heterocycles. The number of carbonyl (C=O) groups is 2. The zero-order valence-corrected chi connectivity index (χ0v) is 12.1. The average Bonchev–Trinajstić information content (AvgIpc) is 2.82. The topological polar surface area (TPSA) is 69.6 Å². The molecule has 6 heteroatoms. The van der Waals surface area contributed by atoms with Crippen LogP contribution < -0.4 is 5.32 Å². The van der Waals surface area contributed by atoms with Gasteiger partial charge >= 0.3 is 12.0 Å². The number of hydrogen-bond acceptors (Lipinski definition) is 2. The van der Waals surface area contributed by atoms with Gasteiger partial charge in [0.2, 0.25) is 0 Å². The van der Waals surface area contributed by atoms with E-state index in [1.807, 2.05) is 0 Å². The molecule has 0 bridgehead atoms. The lowest BCUT2D eigenvalue weighted by Gasteiger charge is -2.33. The zero-order valence-electron chi connectivity index (χ0n) is 12.1. The molecule has 1 unspecified atom stereocenters. The highest BCUT2D eigenvalue weighted by molar-refractivity contribution is 5.94. The number of carboxylic acid groups (broad SMARTS) is 1. The van der Waals surface area contributed by atoms with Crippen molar-refractivity contribution in [3.8, 4) is 0 Å². The second-order valence-corrected chi connectivity index (χ2v) is 5.39. The Bertz CT molecular complexity index is 556. The summed E-state index contributed by atoms with van der Waals surface area (Å²) in [6.07, 6.45) is 1.43. The van der Waals surface area contributed by atoms with E-state index in [0.717, 1.165) is 0 Å². The van der Waals surface area contributed by atoms with Crippen molar-refractivity contribution in [2.75, 3.05) is 11.9 Å². The third-order valence-corrected chi connectivity index (χ3v) is 4.01. The Labute approximate surface area is 122 Å². The molecule has 1 saturated heterocycles. The highest BCUT2D eigenvalue weighted by Gasteiger charge is 2.48. The smallest absolute Gasteiger partial charge is 0.329 e. The summed E-state index contributed by atoms with van der Waals surface area (Å²) < 4.78 is 13.3. The van der Waals surface area contributed by atoms with E-state index in [0.29, 0.717) is 37.1 Å². The van der Waals surface area contributed by atoms with E-state index < -0.39 is 23.4 Å². The first-order valence-electron chi connectivity index (χ1n) is 6.98. The van der Waals surface area contributed by atoms with Crippen molar-refractivity contribution < 1.29 is 19.1 Å². The number of aliphatic carboxylic acids is 1. The molecule has 1 aliphatic heterocycles. The highest BCUT2D eigenvalue weighted by Crippen LogP contribution is 2.33. The number of hydrogen-bond donors (Lipinski definition) is 2. The van der Waals surface area contributed by atoms with Crippen LogP contribution in [0.5, 0.6) is 0 Å². The molecule has 2 amide bonds. The fourth-order valence-corrected chi connectivity index (χ4v) is 2.92. The van der Waals surface area contributed by atoms with Gasteiger partial charge in [0.05, 0.1) is 0 Å². The summed E-state index contributed by atoms with van der Waals surface area (Å²) >= 11 is 0. The Hall–Kier alpha value is -2.11. The molecule has 0 radical (unpaired) electrons. The number of carboxylic acids is 1. The number of halogens is 1. The van der Waals surface area contributed by atoms with Crippen LogP contribution in [-0.4, -0.2) is 34.1 Å². The lowest BCUT2D eigenvalue weighted by Crippen LogP contribution is -2.54. The molecular weight excluding hydrogens is 275 g/mol. The van der Waals surface area contributed by atoms with Crippen LogP contribution in [0, 0.1) is 12.7 Å². The number of rotatable bonds is 3. The summed E-state index contributed by atoms with van der Waals surface area (Å²) in [5.41, 5.74) is -0.140. The Kier molecular flexibility index (Phi) is 4.16. The van der Waals surface area contributed by atoms with Gasteiger partial charge in [0.15, 0.2) is 0 Å². The predicted octanol–water partition coefficient (Wildman–Crippen LogP) is 3.00. The number of carbonyl (C=O) groups excluding carboxylic acids is 1. The normalized spacial score (nSPS) is 21.4. The van der Waals surface area contributed by atoms with Gasteiger partial charge in [0, 0.05) is 12.2 Å². The molecule has 1 aromatic rings. The summed E-state index contributed by atoms with van der Waals surface area (Å²) in [6.45, 7) is 3.87. The maximum atomic E-state index is 13.3. The van der Waals surface area contributed by atoms with Gasteiger partial charge < -0.3 is 15.3 Å². The van der Waals surface area contributed by atoms with Gasteiger partial charge in [0.1, 0.15) is 11.4 Å². The van der Waals surface area contributed by atoms with Gasteiger partial charge in [-0.1, -0.05) is 6.92 Å². The SMILES string of the molecule is CCC1(C(=O)O)CCCN1C(=O)Nc1cc(C)cc(F)c1. The van der Waals surface area contributed by atoms with Crippen molar-refractivity contribution in [2.45, 2.75) is 38.6 Å². The van der Waals surface area contributed by atoms with Gasteiger partial charge in [-0.05, 0) is 49.9 Å². The third kappa shape index (κ3) is 2.84. The standard InChI is InChI=1S/C15H19FN2O3/c1-3-15(13(19)20)5-4-6-18(15)14(21)17-12-8-10(2)7-11(16)9-12/h7-9H,3-6H2,1-2H3,(H,17,21)(H,19,20). The van der Waals surface area contributed by atoms with Gasteiger partial charge in [-0.15, -0.1) is 0 Å². The van der Waals surface area contributed by atoms with Gasteiger partial charge in [-0.3, -0.25) is 0 Å². The van der Waals surface area contributed by atoms with E-state index in [1.165, 1.54) is 17.0 Å². The number of urea groups is 1. The molecule has 21 heavy (non-hydrogen) atoms. The fourth-order valence-electron chi connectivity index (χ4n) is 2.92. The van der Waals surface area contributed by atoms with Gasteiger partial charge in [-0.2, -0.15) is 0 Å². The van der Waals surface area contributed by atoms with Gasteiger partial charge in [-0.25, -0.2) is 14.0 Å². The first kappa shape index (κ1) is 15.3. The lowest BCUT2D eigenvalue weighted by molar-refractivity contribution is -0.148. The number of amides is 2. The van der Waals surface area contributed by atoms with Crippen LogP contribution in [0.25, 0.3) is 0 Å². The quantitative estimate of drug-likeness (QED) is 0.900.